The van der Waals surface area contributed by atoms with Crippen molar-refractivity contribution < 1.29 is 30.0 Å². The second-order valence-corrected chi connectivity index (χ2v) is 13.0. The number of hydrogen-bond acceptors (Lipinski definition) is 3. The van der Waals surface area contributed by atoms with Crippen molar-refractivity contribution >= 4 is 16.7 Å². The summed E-state index contributed by atoms with van der Waals surface area (Å²) in [5.41, 5.74) is 7.42. The van der Waals surface area contributed by atoms with Crippen molar-refractivity contribution in [2.24, 2.45) is 10.8 Å². The number of ketones is 1. The number of aryl methyl sites for hydroxylation is 3. The molecule has 203 valence electrons. The van der Waals surface area contributed by atoms with Crippen LogP contribution in [0.2, 0.25) is 0 Å². The van der Waals surface area contributed by atoms with Crippen molar-refractivity contribution in [1.82, 2.24) is 4.98 Å². The normalized spacial score (nSPS) is 12.5. The van der Waals surface area contributed by atoms with E-state index in [2.05, 4.69) is 84.0 Å². The second kappa shape index (κ2) is 12.0. The number of nitrogens with zero attached hydrogens (tertiary/aromatic N) is 1. The summed E-state index contributed by atoms with van der Waals surface area (Å²) in [6.07, 6.45) is 1.33. The number of hydrogen-bond donors (Lipinski definition) is 1. The van der Waals surface area contributed by atoms with Crippen LogP contribution in [0, 0.1) is 37.7 Å². The molecule has 0 atom stereocenters. The largest absolute Gasteiger partial charge is 0.512 e. The summed E-state index contributed by atoms with van der Waals surface area (Å²) in [4.78, 5) is 16.5. The van der Waals surface area contributed by atoms with Crippen molar-refractivity contribution in [1.29, 1.82) is 0 Å². The zero-order valence-corrected chi connectivity index (χ0v) is 27.1. The van der Waals surface area contributed by atoms with Gasteiger partial charge in [0.2, 0.25) is 0 Å². The van der Waals surface area contributed by atoms with Crippen LogP contribution >= 0.6 is 0 Å². The topological polar surface area (TPSA) is 50.2 Å². The van der Waals surface area contributed by atoms with E-state index in [1.54, 1.807) is 0 Å². The molecule has 2 aromatic carbocycles. The summed E-state index contributed by atoms with van der Waals surface area (Å²) in [6, 6.07) is 16.6. The molecule has 0 saturated heterocycles. The molecule has 0 spiro atoms. The van der Waals surface area contributed by atoms with Crippen molar-refractivity contribution in [2.75, 3.05) is 0 Å². The molecule has 1 radical (unpaired) electrons. The van der Waals surface area contributed by atoms with Crippen LogP contribution in [0.1, 0.15) is 84.6 Å². The fraction of sp³-hybridized carbons (Fsp3) is 0.455. The Morgan fingerprint density at radius 3 is 1.92 bits per heavy atom. The number of aliphatic hydroxyl groups is 1. The minimum absolute atomic E-state index is 0. The fourth-order valence-corrected chi connectivity index (χ4v) is 3.65. The molecule has 4 heteroatoms. The molecule has 3 aromatic rings. The van der Waals surface area contributed by atoms with E-state index >= 15 is 0 Å². The van der Waals surface area contributed by atoms with Gasteiger partial charge in [-0.3, -0.25) is 9.78 Å². The molecule has 1 aromatic heterocycles. The van der Waals surface area contributed by atoms with Gasteiger partial charge in [-0.05, 0) is 35.6 Å². The Morgan fingerprint density at radius 2 is 1.43 bits per heavy atom. The summed E-state index contributed by atoms with van der Waals surface area (Å²) in [6.45, 7) is 24.2. The van der Waals surface area contributed by atoms with Crippen LogP contribution in [-0.4, -0.2) is 15.9 Å². The maximum atomic E-state index is 11.5. The summed E-state index contributed by atoms with van der Waals surface area (Å²) >= 11 is 0. The summed E-state index contributed by atoms with van der Waals surface area (Å²) in [5, 5.41) is 10.8. The van der Waals surface area contributed by atoms with E-state index in [1.165, 1.54) is 28.2 Å². The first-order chi connectivity index (χ1) is 16.3. The zero-order chi connectivity index (χ0) is 27.6. The number of carbonyl (C=O) groups excluding carboxylic acids is 1. The summed E-state index contributed by atoms with van der Waals surface area (Å²) in [5.74, 6) is 0.104. The molecular weight excluding hydrogens is 635 g/mol. The van der Waals surface area contributed by atoms with Gasteiger partial charge in [-0.25, -0.2) is 0 Å². The Bertz CT molecular complexity index is 1260. The SMILES string of the molecule is CC(C)(C)C(=O)/C=C(\O)C(C)(C)C.Cc1[c-]c(-c2nc3ccc(C)cc3cc2C(C)(C)C)cc(C)c1.[Ir]. The molecule has 0 saturated carbocycles. The van der Waals surface area contributed by atoms with Crippen LogP contribution in [0.4, 0.5) is 0 Å². The molecule has 0 bridgehead atoms. The van der Waals surface area contributed by atoms with Crippen molar-refractivity contribution in [3.8, 4) is 11.3 Å². The van der Waals surface area contributed by atoms with Crippen LogP contribution in [0.5, 0.6) is 0 Å². The first-order valence-corrected chi connectivity index (χ1v) is 12.7. The molecule has 3 nitrogen and oxygen atoms in total. The number of allylic oxidation sites excluding steroid dienone is 2. The van der Waals surface area contributed by atoms with Gasteiger partial charge in [0.15, 0.2) is 5.78 Å². The van der Waals surface area contributed by atoms with E-state index in [4.69, 9.17) is 4.98 Å². The monoisotopic (exact) mass is 679 g/mol. The minimum Gasteiger partial charge on any atom is -0.512 e. The first-order valence-electron chi connectivity index (χ1n) is 12.7. The molecule has 0 fully saturated rings. The van der Waals surface area contributed by atoms with Crippen LogP contribution < -0.4 is 0 Å². The molecule has 0 aliphatic rings. The number of rotatable bonds is 2. The average molecular weight is 679 g/mol. The Labute approximate surface area is 238 Å². The van der Waals surface area contributed by atoms with E-state index in [9.17, 15) is 9.90 Å². The van der Waals surface area contributed by atoms with Crippen LogP contribution in [0.25, 0.3) is 22.2 Å². The Morgan fingerprint density at radius 1 is 0.838 bits per heavy atom. The quantitative estimate of drug-likeness (QED) is 0.167. The van der Waals surface area contributed by atoms with Gasteiger partial charge in [-0.2, -0.15) is 0 Å². The summed E-state index contributed by atoms with van der Waals surface area (Å²) < 4.78 is 0. The molecule has 0 aliphatic heterocycles. The van der Waals surface area contributed by atoms with Crippen molar-refractivity contribution in [3.05, 3.63) is 76.6 Å². The number of benzene rings is 2. The molecule has 1 N–H and O–H groups in total. The van der Waals surface area contributed by atoms with E-state index in [0.717, 1.165) is 22.3 Å². The van der Waals surface area contributed by atoms with E-state index in [0.29, 0.717) is 0 Å². The second-order valence-electron chi connectivity index (χ2n) is 13.0. The van der Waals surface area contributed by atoms with E-state index in [-0.39, 0.29) is 42.5 Å². The predicted octanol–water partition coefficient (Wildman–Crippen LogP) is 9.01. The maximum absolute atomic E-state index is 11.5. The molecule has 0 aliphatic carbocycles. The Kier molecular flexibility index (Phi) is 10.7. The molecule has 0 amide bonds. The Hall–Kier alpha value is -2.29. The number of carbonyl (C=O) groups is 1. The smallest absolute Gasteiger partial charge is 0.164 e. The average Bonchev–Trinajstić information content (AvgIpc) is 2.70. The van der Waals surface area contributed by atoms with E-state index in [1.807, 2.05) is 41.5 Å². The van der Waals surface area contributed by atoms with Crippen molar-refractivity contribution in [2.45, 2.75) is 88.5 Å². The van der Waals surface area contributed by atoms with Crippen LogP contribution in [0.3, 0.4) is 0 Å². The fourth-order valence-electron chi connectivity index (χ4n) is 3.65. The van der Waals surface area contributed by atoms with Crippen LogP contribution in [-0.2, 0) is 30.3 Å². The predicted molar refractivity (Wildman–Crippen MR) is 154 cm³/mol. The van der Waals surface area contributed by atoms with Gasteiger partial charge in [-0.1, -0.05) is 99.4 Å². The molecule has 1 heterocycles. The van der Waals surface area contributed by atoms with Gasteiger partial charge in [0.05, 0.1) is 5.52 Å². The number of aromatic nitrogens is 1. The third-order valence-corrected chi connectivity index (χ3v) is 5.96. The summed E-state index contributed by atoms with van der Waals surface area (Å²) in [7, 11) is 0. The van der Waals surface area contributed by atoms with Gasteiger partial charge in [0.25, 0.3) is 0 Å². The van der Waals surface area contributed by atoms with Gasteiger partial charge in [0, 0.05) is 37.0 Å². The maximum Gasteiger partial charge on any atom is 0.164 e. The molecule has 37 heavy (non-hydrogen) atoms. The number of fused-ring (bicyclic) bond motifs is 1. The molecule has 0 unspecified atom stereocenters. The van der Waals surface area contributed by atoms with Gasteiger partial charge >= 0.3 is 0 Å². The number of aliphatic hydroxyl groups excluding tert-OH is 1. The minimum atomic E-state index is -0.417. The standard InChI is InChI=1S/C22H24N.C11H20O2.Ir/c1-14-7-8-20-17(10-14)13-19(22(4,5)6)21(23-20)18-11-15(2)9-16(3)12-18;1-10(2,3)8(12)7-9(13)11(4,5)6;/h7-11,13H,1-6H3;7,12H,1-6H3;/q-1;;/b;8-7-;. The third-order valence-electron chi connectivity index (χ3n) is 5.96. The van der Waals surface area contributed by atoms with Crippen LogP contribution in [0.15, 0.2) is 48.2 Å². The Balaban J connectivity index is 0.000000423. The zero-order valence-electron chi connectivity index (χ0n) is 24.7. The molecular formula is C33H44IrNO2-. The van der Waals surface area contributed by atoms with Gasteiger partial charge in [-0.15, -0.1) is 34.9 Å². The van der Waals surface area contributed by atoms with Crippen molar-refractivity contribution in [3.63, 3.8) is 0 Å². The van der Waals surface area contributed by atoms with E-state index < -0.39 is 5.41 Å². The van der Waals surface area contributed by atoms with Gasteiger partial charge < -0.3 is 5.11 Å². The molecule has 3 rings (SSSR count). The van der Waals surface area contributed by atoms with Gasteiger partial charge in [0.1, 0.15) is 5.76 Å². The first kappa shape index (κ1) is 32.7. The third kappa shape index (κ3) is 9.20. The number of pyridine rings is 1.